The summed E-state index contributed by atoms with van der Waals surface area (Å²) in [4.78, 5) is 5.77. The molecule has 3 atom stereocenters. The van der Waals surface area contributed by atoms with Gasteiger partial charge < -0.3 is 14.3 Å². The van der Waals surface area contributed by atoms with Crippen molar-refractivity contribution in [1.29, 1.82) is 0 Å². The normalized spacial score (nSPS) is 16.8. The molecule has 0 bridgehead atoms. The average molecular weight is 852 g/mol. The summed E-state index contributed by atoms with van der Waals surface area (Å²) in [6.07, 6.45) is 0.926. The highest BCUT2D eigenvalue weighted by Gasteiger charge is 2.37. The lowest BCUT2D eigenvalue weighted by Gasteiger charge is -2.38. The van der Waals surface area contributed by atoms with Crippen molar-refractivity contribution in [3.63, 3.8) is 0 Å². The van der Waals surface area contributed by atoms with Crippen LogP contribution in [-0.4, -0.2) is 10.4 Å². The maximum absolute atomic E-state index is 7.27. The van der Waals surface area contributed by atoms with Gasteiger partial charge in [0, 0.05) is 58.6 Å². The highest BCUT2D eigenvalue weighted by Crippen LogP contribution is 2.48. The van der Waals surface area contributed by atoms with Crippen molar-refractivity contribution in [3.8, 4) is 5.69 Å². The zero-order valence-electron chi connectivity index (χ0n) is 35.6. The molecule has 0 spiro atoms. The van der Waals surface area contributed by atoms with Crippen LogP contribution in [0, 0.1) is 5.92 Å². The topological polar surface area (TPSA) is 42.5 Å². The van der Waals surface area contributed by atoms with Crippen molar-refractivity contribution >= 4 is 113 Å². The number of hydrogen-bond acceptors (Lipinski definition) is 4. The smallest absolute Gasteiger partial charge is 0.159 e. The first-order chi connectivity index (χ1) is 32.2. The number of hydrogen-bond donors (Lipinski definition) is 1. The minimum atomic E-state index is -0.164. The van der Waals surface area contributed by atoms with Crippen LogP contribution in [0.15, 0.2) is 204 Å². The number of rotatable bonds is 5. The molecule has 0 amide bonds. The Bertz CT molecular complexity index is 4120. The Hall–Kier alpha value is -7.73. The zero-order valence-corrected chi connectivity index (χ0v) is 36.4. The molecular weight excluding hydrogens is 811 g/mol. The number of furan rings is 1. The molecule has 13 aromatic rings. The van der Waals surface area contributed by atoms with Crippen molar-refractivity contribution < 1.29 is 4.42 Å². The minimum Gasteiger partial charge on any atom is -0.453 e. The molecule has 0 fully saturated rings. The van der Waals surface area contributed by atoms with E-state index in [1.54, 1.807) is 0 Å². The molecular formula is C60H41N3OS. The fraction of sp³-hybridized carbons (Fsp3) is 0.0833. The number of amidine groups is 1. The molecule has 308 valence electrons. The molecule has 1 aliphatic heterocycles. The first kappa shape index (κ1) is 36.7. The molecule has 65 heavy (non-hydrogen) atoms. The summed E-state index contributed by atoms with van der Waals surface area (Å²) in [5.74, 6) is 1.06. The highest BCUT2D eigenvalue weighted by molar-refractivity contribution is 7.25. The van der Waals surface area contributed by atoms with Gasteiger partial charge >= 0.3 is 0 Å². The monoisotopic (exact) mass is 851 g/mol. The van der Waals surface area contributed by atoms with Gasteiger partial charge in [-0.2, -0.15) is 0 Å². The van der Waals surface area contributed by atoms with Gasteiger partial charge in [0.1, 0.15) is 11.4 Å². The predicted molar refractivity (Wildman–Crippen MR) is 275 cm³/mol. The number of nitrogens with one attached hydrogen (secondary N) is 1. The van der Waals surface area contributed by atoms with Gasteiger partial charge in [-0.3, -0.25) is 4.99 Å². The van der Waals surface area contributed by atoms with Crippen molar-refractivity contribution in [2.75, 3.05) is 0 Å². The Balaban J connectivity index is 1.07. The van der Waals surface area contributed by atoms with Crippen LogP contribution < -0.4 is 5.32 Å². The van der Waals surface area contributed by atoms with Gasteiger partial charge in [-0.05, 0) is 93.0 Å². The van der Waals surface area contributed by atoms with Crippen LogP contribution in [0.25, 0.3) is 102 Å². The third kappa shape index (κ3) is 5.52. The first-order valence-corrected chi connectivity index (χ1v) is 23.5. The first-order valence-electron chi connectivity index (χ1n) is 22.7. The van der Waals surface area contributed by atoms with Gasteiger partial charge in [0.25, 0.3) is 0 Å². The Morgan fingerprint density at radius 3 is 2.02 bits per heavy atom. The molecule has 0 saturated heterocycles. The van der Waals surface area contributed by atoms with Crippen LogP contribution in [0.3, 0.4) is 0 Å². The lowest BCUT2D eigenvalue weighted by atomic mass is 9.80. The maximum atomic E-state index is 7.27. The molecule has 0 saturated carbocycles. The minimum absolute atomic E-state index is 0.0162. The lowest BCUT2D eigenvalue weighted by Crippen LogP contribution is -2.41. The molecule has 3 aromatic heterocycles. The van der Waals surface area contributed by atoms with E-state index < -0.39 is 0 Å². The molecule has 4 heterocycles. The van der Waals surface area contributed by atoms with Crippen molar-refractivity contribution in [3.05, 3.63) is 211 Å². The molecule has 14 rings (SSSR count). The summed E-state index contributed by atoms with van der Waals surface area (Å²) in [7, 11) is 0. The fourth-order valence-electron chi connectivity index (χ4n) is 11.2. The summed E-state index contributed by atoms with van der Waals surface area (Å²) >= 11 is 1.88. The Labute approximate surface area is 378 Å². The summed E-state index contributed by atoms with van der Waals surface area (Å²) in [5, 5.41) is 18.5. The van der Waals surface area contributed by atoms with E-state index in [2.05, 4.69) is 211 Å². The van der Waals surface area contributed by atoms with Gasteiger partial charge in [0.05, 0.1) is 28.8 Å². The summed E-state index contributed by atoms with van der Waals surface area (Å²) in [6, 6.07) is 71.1. The molecule has 0 radical (unpaired) electrons. The van der Waals surface area contributed by atoms with Crippen LogP contribution >= 0.6 is 11.3 Å². The standard InChI is InChI=1S/C60H41N3OS/c1-2-42-56(40-25-27-46-45-22-12-13-23-53(45)65-54(46)34-40)61-60(37-16-4-3-5-17-37)62-57(42)41-31-48-47-28-24-36-15-9-11-21-44(36)58(47)64-59(48)52(33-41)63-50-29-26-35-14-8-10-20-43(35)55(50)49-30-38-18-6-7-19-39(38)32-51(49)63/h3-34,42,56-57H,2H2,1H3,(H,61,62). The third-order valence-corrected chi connectivity index (χ3v) is 15.4. The second-order valence-electron chi connectivity index (χ2n) is 17.8. The molecule has 1 N–H and O–H groups in total. The van der Waals surface area contributed by atoms with E-state index in [1.165, 1.54) is 63.6 Å². The Morgan fingerprint density at radius 2 is 1.18 bits per heavy atom. The maximum Gasteiger partial charge on any atom is 0.159 e. The number of aromatic nitrogens is 1. The summed E-state index contributed by atoms with van der Waals surface area (Å²) in [5.41, 5.74) is 8.66. The van der Waals surface area contributed by atoms with Gasteiger partial charge in [-0.15, -0.1) is 11.3 Å². The second kappa shape index (κ2) is 14.1. The number of aliphatic imine (C=N–C) groups is 1. The SMILES string of the molecule is CCC1C(c2cc(-n3c4cc5ccccc5cc4c4c5ccccc5ccc43)c3oc4c5ccccc5ccc4c3c2)N=C(c2ccccc2)NC1c1ccc2c(c1)sc1ccccc12. The van der Waals surface area contributed by atoms with E-state index in [1.807, 2.05) is 11.3 Å². The predicted octanol–water partition coefficient (Wildman–Crippen LogP) is 16.4. The molecule has 5 heteroatoms. The Morgan fingerprint density at radius 1 is 0.508 bits per heavy atom. The molecule has 10 aromatic carbocycles. The van der Waals surface area contributed by atoms with Crippen molar-refractivity contribution in [2.24, 2.45) is 10.9 Å². The van der Waals surface area contributed by atoms with E-state index >= 15 is 0 Å². The van der Waals surface area contributed by atoms with E-state index in [0.717, 1.165) is 67.3 Å². The summed E-state index contributed by atoms with van der Waals surface area (Å²) in [6.45, 7) is 2.33. The van der Waals surface area contributed by atoms with Crippen LogP contribution in [0.2, 0.25) is 0 Å². The fourth-order valence-corrected chi connectivity index (χ4v) is 12.3. The molecule has 1 aliphatic rings. The quantitative estimate of drug-likeness (QED) is 0.187. The average Bonchev–Trinajstić information content (AvgIpc) is 4.04. The van der Waals surface area contributed by atoms with Crippen molar-refractivity contribution in [2.45, 2.75) is 25.4 Å². The van der Waals surface area contributed by atoms with Gasteiger partial charge in [0.2, 0.25) is 0 Å². The summed E-state index contributed by atoms with van der Waals surface area (Å²) < 4.78 is 12.4. The highest BCUT2D eigenvalue weighted by atomic mass is 32.1. The van der Waals surface area contributed by atoms with Crippen molar-refractivity contribution in [1.82, 2.24) is 9.88 Å². The number of fused-ring (bicyclic) bond motifs is 14. The van der Waals surface area contributed by atoms with Gasteiger partial charge in [-0.1, -0.05) is 153 Å². The van der Waals surface area contributed by atoms with Crippen LogP contribution in [0.1, 0.15) is 42.1 Å². The third-order valence-electron chi connectivity index (χ3n) is 14.2. The van der Waals surface area contributed by atoms with E-state index in [4.69, 9.17) is 9.41 Å². The van der Waals surface area contributed by atoms with E-state index in [0.29, 0.717) is 0 Å². The zero-order chi connectivity index (χ0) is 42.8. The number of thiophene rings is 1. The largest absolute Gasteiger partial charge is 0.453 e. The van der Waals surface area contributed by atoms with Gasteiger partial charge in [-0.25, -0.2) is 0 Å². The molecule has 3 unspecified atom stereocenters. The molecule has 4 nitrogen and oxygen atoms in total. The van der Waals surface area contributed by atoms with E-state index in [9.17, 15) is 0 Å². The Kier molecular flexibility index (Phi) is 7.99. The lowest BCUT2D eigenvalue weighted by molar-refractivity contribution is 0.311. The molecule has 0 aliphatic carbocycles. The van der Waals surface area contributed by atoms with Crippen LogP contribution in [-0.2, 0) is 0 Å². The van der Waals surface area contributed by atoms with Gasteiger partial charge in [0.15, 0.2) is 5.58 Å². The second-order valence-corrected chi connectivity index (χ2v) is 18.8. The van der Waals surface area contributed by atoms with Crippen LogP contribution in [0.4, 0.5) is 0 Å². The van der Waals surface area contributed by atoms with Crippen LogP contribution in [0.5, 0.6) is 0 Å². The van der Waals surface area contributed by atoms with E-state index in [-0.39, 0.29) is 18.0 Å². The number of nitrogens with zero attached hydrogens (tertiary/aromatic N) is 2. The number of benzene rings is 10.